The molecule has 1 aromatic carbocycles. The molecule has 3 rings (SSSR count). The second-order valence-electron chi connectivity index (χ2n) is 5.49. The maximum atomic E-state index is 13.4. The highest BCUT2D eigenvalue weighted by Gasteiger charge is 2.27. The fourth-order valence-electron chi connectivity index (χ4n) is 3.06. The molecule has 1 aliphatic carbocycles. The van der Waals surface area contributed by atoms with Crippen LogP contribution >= 0.6 is 11.3 Å². The fraction of sp³-hybridized carbons (Fsp3) is 0.353. The van der Waals surface area contributed by atoms with Crippen molar-refractivity contribution in [2.45, 2.75) is 31.7 Å². The summed E-state index contributed by atoms with van der Waals surface area (Å²) in [4.78, 5) is 1.31. The maximum absolute atomic E-state index is 13.4. The van der Waals surface area contributed by atoms with E-state index in [9.17, 15) is 4.39 Å². The molecular formula is C17H17FN2S. The van der Waals surface area contributed by atoms with E-state index in [1.165, 1.54) is 36.6 Å². The molecule has 1 unspecified atom stereocenters. The largest absolute Gasteiger partial charge is 0.377 e. The minimum atomic E-state index is -0.461. The summed E-state index contributed by atoms with van der Waals surface area (Å²) >= 11 is 1.75. The summed E-state index contributed by atoms with van der Waals surface area (Å²) in [5.41, 5.74) is 0.912. The summed E-state index contributed by atoms with van der Waals surface area (Å²) in [7, 11) is 0. The van der Waals surface area contributed by atoms with E-state index in [2.05, 4.69) is 22.8 Å². The van der Waals surface area contributed by atoms with Crippen LogP contribution in [0.4, 0.5) is 10.1 Å². The van der Waals surface area contributed by atoms with Crippen LogP contribution in [0, 0.1) is 23.1 Å². The van der Waals surface area contributed by atoms with E-state index in [-0.39, 0.29) is 11.6 Å². The number of nitrogens with zero attached hydrogens (tertiary/aromatic N) is 1. The lowest BCUT2D eigenvalue weighted by molar-refractivity contribution is 0.475. The first-order chi connectivity index (χ1) is 10.3. The Kier molecular flexibility index (Phi) is 4.21. The molecule has 0 spiro atoms. The van der Waals surface area contributed by atoms with Gasteiger partial charge in [-0.05, 0) is 48.4 Å². The van der Waals surface area contributed by atoms with Gasteiger partial charge in [0.1, 0.15) is 11.9 Å². The van der Waals surface area contributed by atoms with Gasteiger partial charge in [-0.1, -0.05) is 18.9 Å². The van der Waals surface area contributed by atoms with Crippen molar-refractivity contribution in [3.05, 3.63) is 52.0 Å². The zero-order chi connectivity index (χ0) is 14.7. The zero-order valence-electron chi connectivity index (χ0n) is 11.7. The number of nitrogens with one attached hydrogen (secondary N) is 1. The van der Waals surface area contributed by atoms with Crippen LogP contribution in [0.1, 0.15) is 42.2 Å². The lowest BCUT2D eigenvalue weighted by Gasteiger charge is -2.25. The number of thiophene rings is 1. The summed E-state index contributed by atoms with van der Waals surface area (Å²) in [6.07, 6.45) is 5.01. The fourth-order valence-corrected chi connectivity index (χ4v) is 3.93. The van der Waals surface area contributed by atoms with Gasteiger partial charge in [-0.2, -0.15) is 5.26 Å². The highest BCUT2D eigenvalue weighted by molar-refractivity contribution is 7.10. The lowest BCUT2D eigenvalue weighted by atomic mass is 9.96. The third-order valence-electron chi connectivity index (χ3n) is 4.13. The van der Waals surface area contributed by atoms with Crippen molar-refractivity contribution in [1.82, 2.24) is 0 Å². The third-order valence-corrected chi connectivity index (χ3v) is 5.09. The van der Waals surface area contributed by atoms with Crippen molar-refractivity contribution in [1.29, 1.82) is 5.26 Å². The second kappa shape index (κ2) is 6.28. The van der Waals surface area contributed by atoms with Crippen LogP contribution in [0.2, 0.25) is 0 Å². The molecular weight excluding hydrogens is 283 g/mol. The molecule has 0 amide bonds. The predicted octanol–water partition coefficient (Wildman–Crippen LogP) is 5.10. The average molecular weight is 300 g/mol. The first-order valence-electron chi connectivity index (χ1n) is 7.27. The van der Waals surface area contributed by atoms with Crippen molar-refractivity contribution in [2.24, 2.45) is 5.92 Å². The summed E-state index contributed by atoms with van der Waals surface area (Å²) in [5, 5.41) is 14.6. The highest BCUT2D eigenvalue weighted by Crippen LogP contribution is 2.39. The van der Waals surface area contributed by atoms with Crippen LogP contribution in [-0.4, -0.2) is 0 Å². The van der Waals surface area contributed by atoms with Crippen molar-refractivity contribution >= 4 is 17.0 Å². The molecule has 2 aromatic rings. The quantitative estimate of drug-likeness (QED) is 0.852. The van der Waals surface area contributed by atoms with Crippen molar-refractivity contribution < 1.29 is 4.39 Å². The Morgan fingerprint density at radius 3 is 2.76 bits per heavy atom. The molecule has 0 radical (unpaired) electrons. The van der Waals surface area contributed by atoms with Crippen molar-refractivity contribution in [2.75, 3.05) is 5.32 Å². The number of halogens is 1. The van der Waals surface area contributed by atoms with Gasteiger partial charge in [0, 0.05) is 10.6 Å². The number of hydrogen-bond donors (Lipinski definition) is 1. The van der Waals surface area contributed by atoms with Gasteiger partial charge >= 0.3 is 0 Å². The summed E-state index contributed by atoms with van der Waals surface area (Å²) in [6.45, 7) is 0. The Balaban J connectivity index is 1.86. The molecule has 1 atom stereocenters. The van der Waals surface area contributed by atoms with Gasteiger partial charge in [0.15, 0.2) is 0 Å². The third kappa shape index (κ3) is 3.08. The van der Waals surface area contributed by atoms with E-state index in [0.717, 1.165) is 5.69 Å². The Labute approximate surface area is 128 Å². The normalized spacial score (nSPS) is 16.6. The molecule has 2 nitrogen and oxygen atoms in total. The van der Waals surface area contributed by atoms with E-state index >= 15 is 0 Å². The van der Waals surface area contributed by atoms with Crippen LogP contribution < -0.4 is 5.32 Å². The van der Waals surface area contributed by atoms with Crippen LogP contribution in [0.5, 0.6) is 0 Å². The molecule has 0 saturated heterocycles. The molecule has 4 heteroatoms. The van der Waals surface area contributed by atoms with Gasteiger partial charge in [0.25, 0.3) is 0 Å². The minimum Gasteiger partial charge on any atom is -0.377 e. The van der Waals surface area contributed by atoms with Crippen LogP contribution in [0.15, 0.2) is 35.7 Å². The van der Waals surface area contributed by atoms with Gasteiger partial charge in [-0.3, -0.25) is 0 Å². The molecule has 1 aliphatic rings. The Morgan fingerprint density at radius 1 is 1.29 bits per heavy atom. The molecule has 21 heavy (non-hydrogen) atoms. The van der Waals surface area contributed by atoms with Crippen molar-refractivity contribution in [3.8, 4) is 6.07 Å². The Hall–Kier alpha value is -1.86. The zero-order valence-corrected chi connectivity index (χ0v) is 12.5. The topological polar surface area (TPSA) is 35.8 Å². The lowest BCUT2D eigenvalue weighted by Crippen LogP contribution is -2.18. The van der Waals surface area contributed by atoms with E-state index < -0.39 is 5.82 Å². The number of anilines is 1. The highest BCUT2D eigenvalue weighted by atomic mass is 32.1. The first-order valence-corrected chi connectivity index (χ1v) is 8.15. The van der Waals surface area contributed by atoms with Gasteiger partial charge in [-0.25, -0.2) is 4.39 Å². The van der Waals surface area contributed by atoms with Crippen LogP contribution in [0.3, 0.4) is 0 Å². The first kappa shape index (κ1) is 14.1. The monoisotopic (exact) mass is 300 g/mol. The Bertz CT molecular complexity index is 639. The summed E-state index contributed by atoms with van der Waals surface area (Å²) in [5.74, 6) is 0.149. The number of hydrogen-bond acceptors (Lipinski definition) is 3. The van der Waals surface area contributed by atoms with Crippen molar-refractivity contribution in [3.63, 3.8) is 0 Å². The molecule has 0 aliphatic heterocycles. The summed E-state index contributed by atoms with van der Waals surface area (Å²) in [6, 6.07) is 11.0. The molecule has 1 heterocycles. The average Bonchev–Trinajstić information content (AvgIpc) is 3.20. The Morgan fingerprint density at radius 2 is 2.10 bits per heavy atom. The van der Waals surface area contributed by atoms with Gasteiger partial charge in [0.2, 0.25) is 0 Å². The van der Waals surface area contributed by atoms with Crippen LogP contribution in [0.25, 0.3) is 0 Å². The van der Waals surface area contributed by atoms with Crippen LogP contribution in [-0.2, 0) is 0 Å². The molecule has 0 bridgehead atoms. The van der Waals surface area contributed by atoms with E-state index in [1.54, 1.807) is 23.5 Å². The van der Waals surface area contributed by atoms with E-state index in [0.29, 0.717) is 5.92 Å². The molecule has 1 N–H and O–H groups in total. The standard InChI is InChI=1S/C17H17FN2S/c18-15-8-7-14(10-13(15)11-19)20-17(12-4-1-2-5-12)16-6-3-9-21-16/h3,6-10,12,17,20H,1-2,4-5H2. The predicted molar refractivity (Wildman–Crippen MR) is 83.8 cm³/mol. The van der Waals surface area contributed by atoms with Gasteiger partial charge in [-0.15, -0.1) is 11.3 Å². The number of nitriles is 1. The second-order valence-corrected chi connectivity index (χ2v) is 6.47. The SMILES string of the molecule is N#Cc1cc(NC(c2cccs2)C2CCCC2)ccc1F. The molecule has 1 saturated carbocycles. The molecule has 1 fully saturated rings. The molecule has 1 aromatic heterocycles. The maximum Gasteiger partial charge on any atom is 0.141 e. The smallest absolute Gasteiger partial charge is 0.141 e. The number of rotatable bonds is 4. The van der Waals surface area contributed by atoms with E-state index in [4.69, 9.17) is 5.26 Å². The van der Waals surface area contributed by atoms with Gasteiger partial charge < -0.3 is 5.32 Å². The summed E-state index contributed by atoms with van der Waals surface area (Å²) < 4.78 is 13.4. The van der Waals surface area contributed by atoms with Gasteiger partial charge in [0.05, 0.1) is 11.6 Å². The minimum absolute atomic E-state index is 0.0938. The molecule has 108 valence electrons. The van der Waals surface area contributed by atoms with E-state index in [1.807, 2.05) is 6.07 Å². The number of benzene rings is 1.